The normalized spacial score (nSPS) is 16.0. The standard InChI is InChI=1S/C16H21NO2.ClH/c1-17(2)10-14(18)11-7-8-13-12-5-3-4-6-15(12)19-16(13)9-11;/h7-9,14,18H,3-6,10H2,1-2H3;1H. The summed E-state index contributed by atoms with van der Waals surface area (Å²) in [6.07, 6.45) is 4.21. The molecule has 1 aromatic carbocycles. The number of halogens is 1. The van der Waals surface area contributed by atoms with Crippen LogP contribution in [-0.4, -0.2) is 30.6 Å². The Balaban J connectivity index is 0.00000147. The predicted octanol–water partition coefficient (Wildman–Crippen LogP) is 3.33. The zero-order valence-electron chi connectivity index (χ0n) is 12.1. The molecule has 110 valence electrons. The Labute approximate surface area is 126 Å². The van der Waals surface area contributed by atoms with Crippen LogP contribution in [0.2, 0.25) is 0 Å². The lowest BCUT2D eigenvalue weighted by molar-refractivity contribution is 0.138. The van der Waals surface area contributed by atoms with Gasteiger partial charge in [-0.15, -0.1) is 12.4 Å². The lowest BCUT2D eigenvalue weighted by Gasteiger charge is -2.16. The Morgan fingerprint density at radius 2 is 2.00 bits per heavy atom. The van der Waals surface area contributed by atoms with Crippen molar-refractivity contribution < 1.29 is 9.52 Å². The molecule has 1 atom stereocenters. The van der Waals surface area contributed by atoms with Crippen molar-refractivity contribution in [1.29, 1.82) is 0 Å². The lowest BCUT2D eigenvalue weighted by atomic mass is 9.95. The van der Waals surface area contributed by atoms with Crippen molar-refractivity contribution in [2.75, 3.05) is 20.6 Å². The first-order valence-electron chi connectivity index (χ1n) is 7.02. The Morgan fingerprint density at radius 3 is 2.75 bits per heavy atom. The smallest absolute Gasteiger partial charge is 0.134 e. The number of furan rings is 1. The van der Waals surface area contributed by atoms with Crippen molar-refractivity contribution >= 4 is 23.4 Å². The van der Waals surface area contributed by atoms with Crippen LogP contribution in [0.3, 0.4) is 0 Å². The number of aliphatic hydroxyl groups excluding tert-OH is 1. The molecular formula is C16H22ClNO2. The maximum Gasteiger partial charge on any atom is 0.134 e. The topological polar surface area (TPSA) is 36.6 Å². The summed E-state index contributed by atoms with van der Waals surface area (Å²) >= 11 is 0. The highest BCUT2D eigenvalue weighted by Crippen LogP contribution is 2.33. The molecule has 0 bridgehead atoms. The molecular weight excluding hydrogens is 274 g/mol. The van der Waals surface area contributed by atoms with Crippen LogP contribution in [0.4, 0.5) is 0 Å². The van der Waals surface area contributed by atoms with Gasteiger partial charge in [-0.2, -0.15) is 0 Å². The number of aryl methyl sites for hydroxylation is 2. The van der Waals surface area contributed by atoms with Crippen LogP contribution in [0.25, 0.3) is 11.0 Å². The number of hydrogen-bond acceptors (Lipinski definition) is 3. The van der Waals surface area contributed by atoms with Gasteiger partial charge >= 0.3 is 0 Å². The van der Waals surface area contributed by atoms with Gasteiger partial charge in [-0.05, 0) is 45.0 Å². The van der Waals surface area contributed by atoms with Crippen molar-refractivity contribution in [3.8, 4) is 0 Å². The number of fused-ring (bicyclic) bond motifs is 3. The van der Waals surface area contributed by atoms with E-state index < -0.39 is 6.10 Å². The summed E-state index contributed by atoms with van der Waals surface area (Å²) in [7, 11) is 3.93. The van der Waals surface area contributed by atoms with Crippen LogP contribution >= 0.6 is 12.4 Å². The van der Waals surface area contributed by atoms with Gasteiger partial charge < -0.3 is 14.4 Å². The van der Waals surface area contributed by atoms with Crippen molar-refractivity contribution in [1.82, 2.24) is 4.90 Å². The molecule has 0 saturated heterocycles. The molecule has 1 heterocycles. The first-order valence-corrected chi connectivity index (χ1v) is 7.02. The molecule has 0 spiro atoms. The van der Waals surface area contributed by atoms with Crippen molar-refractivity contribution in [3.63, 3.8) is 0 Å². The fraction of sp³-hybridized carbons (Fsp3) is 0.500. The molecule has 3 nitrogen and oxygen atoms in total. The third kappa shape index (κ3) is 2.85. The van der Waals surface area contributed by atoms with E-state index in [4.69, 9.17) is 4.42 Å². The quantitative estimate of drug-likeness (QED) is 0.943. The Bertz CT molecular complexity index is 591. The number of aliphatic hydroxyl groups is 1. The fourth-order valence-corrected chi connectivity index (χ4v) is 2.94. The molecule has 20 heavy (non-hydrogen) atoms. The molecule has 0 fully saturated rings. The minimum absolute atomic E-state index is 0. The predicted molar refractivity (Wildman–Crippen MR) is 83.6 cm³/mol. The molecule has 2 aromatic rings. The van der Waals surface area contributed by atoms with Crippen molar-refractivity contribution in [2.24, 2.45) is 0 Å². The second-order valence-electron chi connectivity index (χ2n) is 5.74. The number of benzene rings is 1. The van der Waals surface area contributed by atoms with Crippen LogP contribution in [0.15, 0.2) is 22.6 Å². The number of rotatable bonds is 3. The van der Waals surface area contributed by atoms with Crippen molar-refractivity contribution in [3.05, 3.63) is 35.1 Å². The van der Waals surface area contributed by atoms with E-state index in [1.165, 1.54) is 23.8 Å². The van der Waals surface area contributed by atoms with Gasteiger partial charge in [0.25, 0.3) is 0 Å². The van der Waals surface area contributed by atoms with Gasteiger partial charge in [-0.3, -0.25) is 0 Å². The van der Waals surface area contributed by atoms with E-state index in [-0.39, 0.29) is 12.4 Å². The Morgan fingerprint density at radius 1 is 1.25 bits per heavy atom. The second-order valence-corrected chi connectivity index (χ2v) is 5.74. The summed E-state index contributed by atoms with van der Waals surface area (Å²) < 4.78 is 5.96. The highest BCUT2D eigenvalue weighted by atomic mass is 35.5. The molecule has 0 aliphatic heterocycles. The van der Waals surface area contributed by atoms with Crippen molar-refractivity contribution in [2.45, 2.75) is 31.8 Å². The number of likely N-dealkylation sites (N-methyl/N-ethyl adjacent to an activating group) is 1. The van der Waals surface area contributed by atoms with E-state index in [2.05, 4.69) is 6.07 Å². The van der Waals surface area contributed by atoms with Gasteiger partial charge in [0, 0.05) is 23.9 Å². The molecule has 1 aliphatic rings. The minimum Gasteiger partial charge on any atom is -0.461 e. The van der Waals surface area contributed by atoms with E-state index in [1.807, 2.05) is 31.1 Å². The summed E-state index contributed by atoms with van der Waals surface area (Å²) in [4.78, 5) is 1.99. The van der Waals surface area contributed by atoms with Gasteiger partial charge in [-0.25, -0.2) is 0 Å². The highest BCUT2D eigenvalue weighted by Gasteiger charge is 2.18. The Kier molecular flexibility index (Phi) is 4.74. The van der Waals surface area contributed by atoms with E-state index in [9.17, 15) is 5.11 Å². The molecule has 1 aromatic heterocycles. The maximum atomic E-state index is 10.2. The zero-order valence-corrected chi connectivity index (χ0v) is 12.9. The van der Waals surface area contributed by atoms with E-state index in [0.29, 0.717) is 6.54 Å². The molecule has 0 saturated carbocycles. The van der Waals surface area contributed by atoms with Gasteiger partial charge in [0.2, 0.25) is 0 Å². The largest absolute Gasteiger partial charge is 0.461 e. The average Bonchev–Trinajstić information content (AvgIpc) is 2.75. The van der Waals surface area contributed by atoms with Crippen LogP contribution in [0.5, 0.6) is 0 Å². The van der Waals surface area contributed by atoms with Crippen LogP contribution < -0.4 is 0 Å². The van der Waals surface area contributed by atoms with Crippen LogP contribution in [-0.2, 0) is 12.8 Å². The van der Waals surface area contributed by atoms with E-state index in [0.717, 1.165) is 29.7 Å². The average molecular weight is 296 g/mol. The van der Waals surface area contributed by atoms with E-state index in [1.54, 1.807) is 0 Å². The molecule has 4 heteroatoms. The third-order valence-electron chi connectivity index (χ3n) is 3.90. The van der Waals surface area contributed by atoms with Gasteiger partial charge in [0.15, 0.2) is 0 Å². The van der Waals surface area contributed by atoms with Crippen LogP contribution in [0, 0.1) is 0 Å². The summed E-state index contributed by atoms with van der Waals surface area (Å²) in [5.41, 5.74) is 3.25. The summed E-state index contributed by atoms with van der Waals surface area (Å²) in [6.45, 7) is 0.631. The zero-order chi connectivity index (χ0) is 13.4. The summed E-state index contributed by atoms with van der Waals surface area (Å²) in [6, 6.07) is 6.14. The lowest BCUT2D eigenvalue weighted by Crippen LogP contribution is -2.19. The van der Waals surface area contributed by atoms with Crippen LogP contribution in [0.1, 0.15) is 35.8 Å². The number of hydrogen-bond donors (Lipinski definition) is 1. The monoisotopic (exact) mass is 295 g/mol. The number of nitrogens with zero attached hydrogens (tertiary/aromatic N) is 1. The maximum absolute atomic E-state index is 10.2. The Hall–Kier alpha value is -1.03. The van der Waals surface area contributed by atoms with Gasteiger partial charge in [-0.1, -0.05) is 12.1 Å². The molecule has 1 unspecified atom stereocenters. The second kappa shape index (κ2) is 6.17. The van der Waals surface area contributed by atoms with Gasteiger partial charge in [0.1, 0.15) is 11.3 Å². The molecule has 0 amide bonds. The molecule has 1 aliphatic carbocycles. The van der Waals surface area contributed by atoms with Gasteiger partial charge in [0.05, 0.1) is 6.10 Å². The first-order chi connectivity index (χ1) is 9.15. The highest BCUT2D eigenvalue weighted by molar-refractivity contribution is 5.85. The SMILES string of the molecule is CN(C)CC(O)c1ccc2c3c(oc2c1)CCCC3.Cl. The van der Waals surface area contributed by atoms with E-state index >= 15 is 0 Å². The first kappa shape index (κ1) is 15.4. The molecule has 1 N–H and O–H groups in total. The fourth-order valence-electron chi connectivity index (χ4n) is 2.94. The molecule has 0 radical (unpaired) electrons. The third-order valence-corrected chi connectivity index (χ3v) is 3.90. The summed E-state index contributed by atoms with van der Waals surface area (Å²) in [5, 5.41) is 11.4. The molecule has 3 rings (SSSR count). The minimum atomic E-state index is -0.457. The summed E-state index contributed by atoms with van der Waals surface area (Å²) in [5.74, 6) is 1.15.